The highest BCUT2D eigenvalue weighted by Crippen LogP contribution is 2.49. The third-order valence-corrected chi connectivity index (χ3v) is 7.75. The second-order valence-electron chi connectivity index (χ2n) is 8.15. The average molecular weight is 517 g/mol. The second-order valence-corrected chi connectivity index (χ2v) is 9.78. The zero-order valence-corrected chi connectivity index (χ0v) is 22.4. The Kier molecular flexibility index (Phi) is 8.39. The van der Waals surface area contributed by atoms with Gasteiger partial charge in [0.1, 0.15) is 0 Å². The summed E-state index contributed by atoms with van der Waals surface area (Å²) in [5.74, 6) is 0.0927. The molecular weight excluding hydrogens is 488 g/mol. The van der Waals surface area contributed by atoms with Gasteiger partial charge in [-0.15, -0.1) is 23.5 Å². The molecule has 6 heteroatoms. The molecule has 0 saturated heterocycles. The van der Waals surface area contributed by atoms with Gasteiger partial charge in [0.05, 0.1) is 20.9 Å². The van der Waals surface area contributed by atoms with Crippen molar-refractivity contribution in [2.75, 3.05) is 12.5 Å². The van der Waals surface area contributed by atoms with E-state index in [1.165, 1.54) is 23.5 Å². The van der Waals surface area contributed by atoms with Gasteiger partial charge in [0.2, 0.25) is 0 Å². The first kappa shape index (κ1) is 25.9. The van der Waals surface area contributed by atoms with E-state index in [0.717, 1.165) is 33.8 Å². The Hall–Kier alpha value is -3.22. The van der Waals surface area contributed by atoms with Crippen molar-refractivity contribution in [3.05, 3.63) is 95.1 Å². The number of thioether (sulfide) groups is 2. The quantitative estimate of drug-likeness (QED) is 0.135. The maximum atomic E-state index is 13.1. The molecule has 0 aliphatic heterocycles. The van der Waals surface area contributed by atoms with Gasteiger partial charge in [0.15, 0.2) is 11.5 Å². The third kappa shape index (κ3) is 5.30. The number of hydrogen-bond acceptors (Lipinski definition) is 6. The van der Waals surface area contributed by atoms with Crippen LogP contribution in [0.1, 0.15) is 45.7 Å². The highest BCUT2D eigenvalue weighted by atomic mass is 32.2. The first-order chi connectivity index (χ1) is 17.5. The van der Waals surface area contributed by atoms with E-state index < -0.39 is 11.9 Å². The maximum absolute atomic E-state index is 13.1. The molecule has 0 aliphatic carbocycles. The summed E-state index contributed by atoms with van der Waals surface area (Å²) in [6, 6.07) is 22.4. The summed E-state index contributed by atoms with van der Waals surface area (Å²) in [7, 11) is 0. The number of ether oxygens (including phenoxy) is 2. The van der Waals surface area contributed by atoms with Crippen LogP contribution in [0.15, 0.2) is 82.6 Å². The minimum absolute atomic E-state index is 0.425. The zero-order chi connectivity index (χ0) is 25.7. The molecule has 4 nitrogen and oxygen atoms in total. The fraction of sp³-hybridized carbons (Fsp3) is 0.200. The second kappa shape index (κ2) is 11.7. The predicted octanol–water partition coefficient (Wildman–Crippen LogP) is 7.85. The molecule has 4 rings (SSSR count). The van der Waals surface area contributed by atoms with Crippen LogP contribution < -0.4 is 9.47 Å². The van der Waals surface area contributed by atoms with Crippen molar-refractivity contribution in [3.63, 3.8) is 0 Å². The fourth-order valence-electron chi connectivity index (χ4n) is 3.96. The topological polar surface area (TPSA) is 52.6 Å². The van der Waals surface area contributed by atoms with E-state index in [2.05, 4.69) is 13.8 Å². The molecule has 0 spiro atoms. The van der Waals surface area contributed by atoms with Crippen molar-refractivity contribution in [1.29, 1.82) is 0 Å². The molecule has 0 unspecified atom stereocenters. The van der Waals surface area contributed by atoms with Crippen molar-refractivity contribution in [2.24, 2.45) is 0 Å². The van der Waals surface area contributed by atoms with Crippen molar-refractivity contribution in [1.82, 2.24) is 0 Å². The molecule has 0 heterocycles. The molecular formula is C30H28O4S2. The van der Waals surface area contributed by atoms with Crippen molar-refractivity contribution in [3.8, 4) is 11.5 Å². The Balaban J connectivity index is 1.78. The molecule has 0 saturated carbocycles. The minimum atomic E-state index is -0.425. The molecule has 36 heavy (non-hydrogen) atoms. The summed E-state index contributed by atoms with van der Waals surface area (Å²) in [4.78, 5) is 27.7. The van der Waals surface area contributed by atoms with Crippen LogP contribution in [0, 0.1) is 0 Å². The van der Waals surface area contributed by atoms with E-state index in [1.54, 1.807) is 24.3 Å². The summed E-state index contributed by atoms with van der Waals surface area (Å²) in [6.07, 6.45) is 5.64. The number of hydrogen-bond donors (Lipinski definition) is 0. The molecule has 0 aliphatic rings. The van der Waals surface area contributed by atoms with Gasteiger partial charge in [0, 0.05) is 10.8 Å². The van der Waals surface area contributed by atoms with Crippen LogP contribution in [0.4, 0.5) is 0 Å². The molecule has 4 aromatic carbocycles. The summed E-state index contributed by atoms with van der Waals surface area (Å²) in [5, 5.41) is 1.42. The van der Waals surface area contributed by atoms with Gasteiger partial charge in [-0.2, -0.15) is 0 Å². The van der Waals surface area contributed by atoms with E-state index >= 15 is 0 Å². The molecule has 0 N–H and O–H groups in total. The predicted molar refractivity (Wildman–Crippen MR) is 149 cm³/mol. The smallest absolute Gasteiger partial charge is 0.343 e. The standard InChI is InChI=1S/C30H28O4S2/c1-5-19-11-15-21(16-12-19)29(31)33-25-23-9-7-8-10-24(23)26(28(36-4)27(25)35-3)34-30(32)22-17-13-20(6-2)14-18-22/h7-18H,5-6H2,1-4H3. The Labute approximate surface area is 220 Å². The first-order valence-corrected chi connectivity index (χ1v) is 14.2. The van der Waals surface area contributed by atoms with Crippen molar-refractivity contribution in [2.45, 2.75) is 36.5 Å². The Morgan fingerprint density at radius 1 is 0.611 bits per heavy atom. The summed E-state index contributed by atoms with van der Waals surface area (Å²) in [6.45, 7) is 4.14. The number of benzene rings is 4. The van der Waals surface area contributed by atoms with Crippen LogP contribution in [0.5, 0.6) is 11.5 Å². The Morgan fingerprint density at radius 3 is 1.28 bits per heavy atom. The van der Waals surface area contributed by atoms with Crippen LogP contribution in [-0.4, -0.2) is 24.5 Å². The molecule has 0 amide bonds. The van der Waals surface area contributed by atoms with E-state index in [1.807, 2.05) is 61.0 Å². The Bertz CT molecular complexity index is 1290. The number of carbonyl (C=O) groups is 2. The zero-order valence-electron chi connectivity index (χ0n) is 20.8. The lowest BCUT2D eigenvalue weighted by Gasteiger charge is -2.19. The number of fused-ring (bicyclic) bond motifs is 1. The van der Waals surface area contributed by atoms with Crippen LogP contribution in [-0.2, 0) is 12.8 Å². The van der Waals surface area contributed by atoms with E-state index in [-0.39, 0.29) is 0 Å². The molecule has 184 valence electrons. The fourth-order valence-corrected chi connectivity index (χ4v) is 5.69. The highest BCUT2D eigenvalue weighted by Gasteiger charge is 2.25. The van der Waals surface area contributed by atoms with Crippen LogP contribution >= 0.6 is 23.5 Å². The normalized spacial score (nSPS) is 10.9. The number of rotatable bonds is 8. The SMILES string of the molecule is CCc1ccc(C(=O)Oc2c(SC)c(SC)c(OC(=O)c3ccc(CC)cc3)c3ccccc23)cc1. The highest BCUT2D eigenvalue weighted by molar-refractivity contribution is 8.01. The minimum Gasteiger partial charge on any atom is -0.421 e. The lowest BCUT2D eigenvalue weighted by atomic mass is 10.1. The molecule has 0 radical (unpaired) electrons. The Morgan fingerprint density at radius 2 is 0.972 bits per heavy atom. The molecule has 0 bridgehead atoms. The summed E-state index contributed by atoms with van der Waals surface area (Å²) >= 11 is 2.91. The van der Waals surface area contributed by atoms with E-state index in [9.17, 15) is 9.59 Å². The number of esters is 2. The van der Waals surface area contributed by atoms with Crippen molar-refractivity contribution < 1.29 is 19.1 Å². The molecule has 4 aromatic rings. The van der Waals surface area contributed by atoms with Crippen LogP contribution in [0.3, 0.4) is 0 Å². The van der Waals surface area contributed by atoms with E-state index in [4.69, 9.17) is 9.47 Å². The lowest BCUT2D eigenvalue weighted by molar-refractivity contribution is 0.0715. The van der Waals surface area contributed by atoms with Gasteiger partial charge in [0.25, 0.3) is 0 Å². The first-order valence-electron chi connectivity index (χ1n) is 11.8. The summed E-state index contributed by atoms with van der Waals surface area (Å²) in [5.41, 5.74) is 3.28. The van der Waals surface area contributed by atoms with Crippen LogP contribution in [0.2, 0.25) is 0 Å². The van der Waals surface area contributed by atoms with Gasteiger partial charge >= 0.3 is 11.9 Å². The molecule has 0 atom stereocenters. The maximum Gasteiger partial charge on any atom is 0.343 e. The van der Waals surface area contributed by atoms with Crippen LogP contribution in [0.25, 0.3) is 10.8 Å². The lowest BCUT2D eigenvalue weighted by Crippen LogP contribution is -2.12. The van der Waals surface area contributed by atoms with Gasteiger partial charge < -0.3 is 9.47 Å². The molecule has 0 fully saturated rings. The third-order valence-electron chi connectivity index (χ3n) is 6.03. The monoisotopic (exact) mass is 516 g/mol. The average Bonchev–Trinajstić information content (AvgIpc) is 2.93. The van der Waals surface area contributed by atoms with Gasteiger partial charge in [-0.25, -0.2) is 9.59 Å². The van der Waals surface area contributed by atoms with Gasteiger partial charge in [-0.3, -0.25) is 0 Å². The van der Waals surface area contributed by atoms with Crippen molar-refractivity contribution >= 4 is 46.2 Å². The number of aryl methyl sites for hydroxylation is 2. The summed E-state index contributed by atoms with van der Waals surface area (Å²) < 4.78 is 12.0. The van der Waals surface area contributed by atoms with Gasteiger partial charge in [-0.1, -0.05) is 62.4 Å². The van der Waals surface area contributed by atoms with Gasteiger partial charge in [-0.05, 0) is 60.7 Å². The van der Waals surface area contributed by atoms with E-state index in [0.29, 0.717) is 33.4 Å². The largest absolute Gasteiger partial charge is 0.421 e. The number of carbonyl (C=O) groups excluding carboxylic acids is 2. The molecule has 0 aromatic heterocycles.